The molecule has 1 N–H and O–H groups in total. The minimum Gasteiger partial charge on any atom is -0.466 e. The maximum Gasteiger partial charge on any atom is 0.407 e. The number of carbonyl (C=O) groups excluding carboxylic acids is 2. The van der Waals surface area contributed by atoms with Crippen molar-refractivity contribution >= 4 is 28.0 Å². The molecule has 0 aliphatic rings. The van der Waals surface area contributed by atoms with Crippen LogP contribution >= 0.6 is 15.9 Å². The van der Waals surface area contributed by atoms with Gasteiger partial charge in [0.15, 0.2) is 0 Å². The highest BCUT2D eigenvalue weighted by atomic mass is 79.9. The molecule has 0 aliphatic carbocycles. The summed E-state index contributed by atoms with van der Waals surface area (Å²) in [5, 5.41) is 2.77. The van der Waals surface area contributed by atoms with E-state index < -0.39 is 11.7 Å². The molecule has 0 unspecified atom stereocenters. The molecule has 0 saturated carbocycles. The zero-order valence-electron chi connectivity index (χ0n) is 14.7. The molecule has 24 heavy (non-hydrogen) atoms. The van der Waals surface area contributed by atoms with Crippen molar-refractivity contribution in [2.24, 2.45) is 0 Å². The third-order valence-electron chi connectivity index (χ3n) is 3.13. The molecule has 0 fully saturated rings. The summed E-state index contributed by atoms with van der Waals surface area (Å²) < 4.78 is 11.3. The van der Waals surface area contributed by atoms with E-state index in [1.165, 1.54) is 0 Å². The van der Waals surface area contributed by atoms with Crippen LogP contribution in [0.2, 0.25) is 0 Å². The van der Waals surface area contributed by atoms with Gasteiger partial charge >= 0.3 is 12.1 Å². The van der Waals surface area contributed by atoms with Gasteiger partial charge in [-0.3, -0.25) is 4.79 Å². The smallest absolute Gasteiger partial charge is 0.407 e. The van der Waals surface area contributed by atoms with Gasteiger partial charge in [-0.2, -0.15) is 0 Å². The van der Waals surface area contributed by atoms with Crippen molar-refractivity contribution in [1.29, 1.82) is 0 Å². The maximum absolute atomic E-state index is 12.0. The van der Waals surface area contributed by atoms with E-state index in [2.05, 4.69) is 21.2 Å². The third kappa shape index (κ3) is 8.91. The first-order valence-corrected chi connectivity index (χ1v) is 8.88. The molecule has 1 atom stereocenters. The molecule has 1 aromatic carbocycles. The molecule has 0 bridgehead atoms. The van der Waals surface area contributed by atoms with Crippen LogP contribution in [0.1, 0.15) is 46.1 Å². The van der Waals surface area contributed by atoms with Gasteiger partial charge in [-0.05, 0) is 58.2 Å². The summed E-state index contributed by atoms with van der Waals surface area (Å²) in [4.78, 5) is 23.7. The van der Waals surface area contributed by atoms with E-state index in [4.69, 9.17) is 9.47 Å². The van der Waals surface area contributed by atoms with Gasteiger partial charge in [0.1, 0.15) is 5.60 Å². The highest BCUT2D eigenvalue weighted by molar-refractivity contribution is 9.10. The lowest BCUT2D eigenvalue weighted by Crippen LogP contribution is -2.40. The summed E-state index contributed by atoms with van der Waals surface area (Å²) in [7, 11) is 0. The van der Waals surface area contributed by atoms with E-state index in [-0.39, 0.29) is 18.4 Å². The number of esters is 1. The van der Waals surface area contributed by atoms with Crippen LogP contribution in [0.3, 0.4) is 0 Å². The fourth-order valence-electron chi connectivity index (χ4n) is 2.11. The average Bonchev–Trinajstić information content (AvgIpc) is 2.44. The number of ether oxygens (including phenoxy) is 2. The normalized spacial score (nSPS) is 12.4. The topological polar surface area (TPSA) is 64.6 Å². The van der Waals surface area contributed by atoms with Crippen molar-refractivity contribution in [1.82, 2.24) is 5.32 Å². The average molecular weight is 400 g/mol. The molecule has 1 rings (SSSR count). The lowest BCUT2D eigenvalue weighted by atomic mass is 10.0. The Morgan fingerprint density at radius 2 is 1.83 bits per heavy atom. The van der Waals surface area contributed by atoms with Crippen LogP contribution < -0.4 is 5.32 Å². The number of amides is 1. The fourth-order valence-corrected chi connectivity index (χ4v) is 2.38. The van der Waals surface area contributed by atoms with Crippen molar-refractivity contribution in [2.75, 3.05) is 6.61 Å². The standard InChI is InChI=1S/C18H26BrNO4/c1-5-23-16(21)12-15(20-17(22)24-18(2,3)4)11-8-13-6-9-14(19)10-7-13/h6-7,9-10,15H,5,8,11-12H2,1-4H3,(H,20,22)/t15-/m1/s1. The molecule has 0 aliphatic heterocycles. The van der Waals surface area contributed by atoms with Crippen LogP contribution in [0.4, 0.5) is 4.79 Å². The molecular formula is C18H26BrNO4. The first-order valence-electron chi connectivity index (χ1n) is 8.09. The molecule has 0 radical (unpaired) electrons. The highest BCUT2D eigenvalue weighted by Crippen LogP contribution is 2.14. The molecule has 6 heteroatoms. The second kappa shape index (κ2) is 9.67. The summed E-state index contributed by atoms with van der Waals surface area (Å²) in [6.07, 6.45) is 0.976. The van der Waals surface area contributed by atoms with Crippen molar-refractivity contribution in [3.05, 3.63) is 34.3 Å². The van der Waals surface area contributed by atoms with E-state index >= 15 is 0 Å². The summed E-state index contributed by atoms with van der Waals surface area (Å²) in [6.45, 7) is 7.49. The predicted molar refractivity (Wildman–Crippen MR) is 96.9 cm³/mol. The number of hydrogen-bond acceptors (Lipinski definition) is 4. The Kier molecular flexibility index (Phi) is 8.25. The van der Waals surface area contributed by atoms with Crippen LogP contribution in [0.5, 0.6) is 0 Å². The molecule has 0 heterocycles. The molecule has 134 valence electrons. The van der Waals surface area contributed by atoms with Crippen molar-refractivity contribution in [3.63, 3.8) is 0 Å². The lowest BCUT2D eigenvalue weighted by molar-refractivity contribution is -0.143. The van der Waals surface area contributed by atoms with Crippen LogP contribution in [-0.2, 0) is 20.7 Å². The van der Waals surface area contributed by atoms with Crippen molar-refractivity contribution in [3.8, 4) is 0 Å². The number of halogens is 1. The third-order valence-corrected chi connectivity index (χ3v) is 3.66. The van der Waals surface area contributed by atoms with Crippen molar-refractivity contribution in [2.45, 2.75) is 58.6 Å². The zero-order valence-corrected chi connectivity index (χ0v) is 16.3. The number of alkyl carbamates (subject to hydrolysis) is 1. The number of hydrogen-bond donors (Lipinski definition) is 1. The van der Waals surface area contributed by atoms with Gasteiger partial charge in [-0.25, -0.2) is 4.79 Å². The van der Waals surface area contributed by atoms with Crippen molar-refractivity contribution < 1.29 is 19.1 Å². The Labute approximate surface area is 152 Å². The van der Waals surface area contributed by atoms with Crippen LogP contribution in [0.15, 0.2) is 28.7 Å². The van der Waals surface area contributed by atoms with Gasteiger partial charge in [-0.15, -0.1) is 0 Å². The number of rotatable bonds is 7. The van der Waals surface area contributed by atoms with Gasteiger partial charge in [0, 0.05) is 10.5 Å². The Morgan fingerprint density at radius 1 is 1.21 bits per heavy atom. The van der Waals surface area contributed by atoms with E-state index in [0.717, 1.165) is 16.5 Å². The second-order valence-corrected chi connectivity index (χ2v) is 7.43. The molecular weight excluding hydrogens is 374 g/mol. The minimum atomic E-state index is -0.579. The van der Waals surface area contributed by atoms with E-state index in [0.29, 0.717) is 13.0 Å². The van der Waals surface area contributed by atoms with Gasteiger partial charge in [0.05, 0.1) is 13.0 Å². The molecule has 1 amide bonds. The Balaban J connectivity index is 2.64. The molecule has 0 saturated heterocycles. The number of carbonyl (C=O) groups is 2. The lowest BCUT2D eigenvalue weighted by Gasteiger charge is -2.23. The Hall–Kier alpha value is -1.56. The predicted octanol–water partition coefficient (Wildman–Crippen LogP) is 4.23. The van der Waals surface area contributed by atoms with E-state index in [9.17, 15) is 9.59 Å². The number of nitrogens with one attached hydrogen (secondary N) is 1. The quantitative estimate of drug-likeness (QED) is 0.696. The van der Waals surface area contributed by atoms with Gasteiger partial charge in [-0.1, -0.05) is 28.1 Å². The monoisotopic (exact) mass is 399 g/mol. The van der Waals surface area contributed by atoms with Crippen LogP contribution in [0, 0.1) is 0 Å². The van der Waals surface area contributed by atoms with Gasteiger partial charge in [0.25, 0.3) is 0 Å². The van der Waals surface area contributed by atoms with E-state index in [1.54, 1.807) is 27.7 Å². The first-order chi connectivity index (χ1) is 11.2. The van der Waals surface area contributed by atoms with Crippen LogP contribution in [-0.4, -0.2) is 30.3 Å². The summed E-state index contributed by atoms with van der Waals surface area (Å²) >= 11 is 3.40. The van der Waals surface area contributed by atoms with E-state index in [1.807, 2.05) is 24.3 Å². The molecule has 0 spiro atoms. The summed E-state index contributed by atoms with van der Waals surface area (Å²) in [6, 6.07) is 7.63. The van der Waals surface area contributed by atoms with Gasteiger partial charge < -0.3 is 14.8 Å². The zero-order chi connectivity index (χ0) is 18.2. The molecule has 1 aromatic rings. The Bertz CT molecular complexity index is 537. The summed E-state index contributed by atoms with van der Waals surface area (Å²) in [5.41, 5.74) is 0.558. The minimum absolute atomic E-state index is 0.129. The van der Waals surface area contributed by atoms with Crippen LogP contribution in [0.25, 0.3) is 0 Å². The first kappa shape index (κ1) is 20.5. The second-order valence-electron chi connectivity index (χ2n) is 6.52. The largest absolute Gasteiger partial charge is 0.466 e. The van der Waals surface area contributed by atoms with Gasteiger partial charge in [0.2, 0.25) is 0 Å². The Morgan fingerprint density at radius 3 is 2.38 bits per heavy atom. The number of aryl methyl sites for hydroxylation is 1. The fraction of sp³-hybridized carbons (Fsp3) is 0.556. The summed E-state index contributed by atoms with van der Waals surface area (Å²) in [5.74, 6) is -0.325. The number of benzene rings is 1. The molecule has 5 nitrogen and oxygen atoms in total. The maximum atomic E-state index is 12.0. The molecule has 0 aromatic heterocycles. The SMILES string of the molecule is CCOC(=O)C[C@@H](CCc1ccc(Br)cc1)NC(=O)OC(C)(C)C. The highest BCUT2D eigenvalue weighted by Gasteiger charge is 2.21.